The fourth-order valence-corrected chi connectivity index (χ4v) is 3.02. The molecule has 0 aliphatic rings. The smallest absolute Gasteiger partial charge is 0.256 e. The van der Waals surface area contributed by atoms with Gasteiger partial charge < -0.3 is 15.4 Å². The second-order valence-corrected chi connectivity index (χ2v) is 6.52. The van der Waals surface area contributed by atoms with Gasteiger partial charge in [0.05, 0.1) is 19.0 Å². The van der Waals surface area contributed by atoms with Gasteiger partial charge in [0, 0.05) is 11.3 Å². The molecule has 1 heterocycles. The van der Waals surface area contributed by atoms with E-state index < -0.39 is 0 Å². The van der Waals surface area contributed by atoms with Gasteiger partial charge in [-0.25, -0.2) is 4.98 Å². The van der Waals surface area contributed by atoms with Crippen molar-refractivity contribution >= 4 is 23.1 Å². The predicted molar refractivity (Wildman–Crippen MR) is 109 cm³/mol. The maximum atomic E-state index is 12.4. The average molecular weight is 361 g/mol. The topological polar surface area (TPSA) is 63.2 Å². The Morgan fingerprint density at radius 3 is 2.37 bits per heavy atom. The Morgan fingerprint density at radius 1 is 1.00 bits per heavy atom. The summed E-state index contributed by atoms with van der Waals surface area (Å²) in [6.45, 7) is 6.25. The zero-order chi connectivity index (χ0) is 19.4. The summed E-state index contributed by atoms with van der Waals surface area (Å²) >= 11 is 0. The van der Waals surface area contributed by atoms with Gasteiger partial charge >= 0.3 is 0 Å². The summed E-state index contributed by atoms with van der Waals surface area (Å²) in [6, 6.07) is 15.0. The molecule has 0 bridgehead atoms. The van der Waals surface area contributed by atoms with Gasteiger partial charge in [-0.1, -0.05) is 23.8 Å². The third-order valence-electron chi connectivity index (χ3n) is 4.28. The first kappa shape index (κ1) is 18.5. The van der Waals surface area contributed by atoms with Gasteiger partial charge in [0.15, 0.2) is 0 Å². The van der Waals surface area contributed by atoms with Crippen molar-refractivity contribution in [3.8, 4) is 5.75 Å². The van der Waals surface area contributed by atoms with Crippen LogP contribution in [0.2, 0.25) is 0 Å². The molecular weight excluding hydrogens is 338 g/mol. The summed E-state index contributed by atoms with van der Waals surface area (Å²) in [7, 11) is 1.57. The molecule has 3 rings (SSSR count). The second kappa shape index (κ2) is 7.91. The van der Waals surface area contributed by atoms with E-state index in [4.69, 9.17) is 4.74 Å². The number of carbonyl (C=O) groups excluding carboxylic acids is 1. The molecule has 0 saturated carbocycles. The SMILES string of the molecule is COc1cccc(C(=O)Nc2ccc(Nc3c(C)cc(C)cc3C)cn2)c1. The highest BCUT2D eigenvalue weighted by Crippen LogP contribution is 2.26. The second-order valence-electron chi connectivity index (χ2n) is 6.52. The van der Waals surface area contributed by atoms with Crippen molar-refractivity contribution < 1.29 is 9.53 Å². The minimum atomic E-state index is -0.229. The molecule has 0 saturated heterocycles. The number of aryl methyl sites for hydroxylation is 3. The fourth-order valence-electron chi connectivity index (χ4n) is 3.02. The van der Waals surface area contributed by atoms with E-state index in [-0.39, 0.29) is 5.91 Å². The molecule has 1 aromatic heterocycles. The van der Waals surface area contributed by atoms with E-state index >= 15 is 0 Å². The number of methoxy groups -OCH3 is 1. The van der Waals surface area contributed by atoms with Crippen LogP contribution in [0.15, 0.2) is 54.7 Å². The lowest BCUT2D eigenvalue weighted by atomic mass is 10.0. The number of ether oxygens (including phenoxy) is 1. The van der Waals surface area contributed by atoms with E-state index in [1.165, 1.54) is 16.7 Å². The molecule has 0 atom stereocenters. The number of carbonyl (C=O) groups is 1. The van der Waals surface area contributed by atoms with Crippen molar-refractivity contribution in [3.63, 3.8) is 0 Å². The van der Waals surface area contributed by atoms with Gasteiger partial charge in [0.2, 0.25) is 0 Å². The van der Waals surface area contributed by atoms with Gasteiger partial charge in [-0.2, -0.15) is 0 Å². The number of nitrogens with zero attached hydrogens (tertiary/aromatic N) is 1. The summed E-state index contributed by atoms with van der Waals surface area (Å²) < 4.78 is 5.15. The first-order valence-corrected chi connectivity index (χ1v) is 8.72. The van der Waals surface area contributed by atoms with Crippen LogP contribution in [0, 0.1) is 20.8 Å². The molecule has 0 radical (unpaired) electrons. The number of aromatic nitrogens is 1. The Hall–Kier alpha value is -3.34. The van der Waals surface area contributed by atoms with Crippen LogP contribution >= 0.6 is 0 Å². The standard InChI is InChI=1S/C22H23N3O2/c1-14-10-15(2)21(16(3)11-14)24-18-8-9-20(23-13-18)25-22(26)17-6-5-7-19(12-17)27-4/h5-13,24H,1-4H3,(H,23,25,26). The van der Waals surface area contributed by atoms with Crippen molar-refractivity contribution in [1.82, 2.24) is 4.98 Å². The number of anilines is 3. The van der Waals surface area contributed by atoms with Crippen LogP contribution in [0.3, 0.4) is 0 Å². The summed E-state index contributed by atoms with van der Waals surface area (Å²) in [5.74, 6) is 0.900. The summed E-state index contributed by atoms with van der Waals surface area (Å²) in [6.07, 6.45) is 1.71. The molecule has 5 heteroatoms. The molecule has 0 aliphatic heterocycles. The van der Waals surface area contributed by atoms with Gasteiger partial charge in [-0.05, 0) is 62.2 Å². The zero-order valence-electron chi connectivity index (χ0n) is 16.0. The molecule has 3 aromatic rings. The van der Waals surface area contributed by atoms with Gasteiger partial charge in [0.1, 0.15) is 11.6 Å². The number of rotatable bonds is 5. The molecule has 5 nitrogen and oxygen atoms in total. The van der Waals surface area contributed by atoms with Crippen LogP contribution in [0.25, 0.3) is 0 Å². The number of amides is 1. The largest absolute Gasteiger partial charge is 0.497 e. The molecule has 1 amide bonds. The molecule has 0 fully saturated rings. The van der Waals surface area contributed by atoms with Gasteiger partial charge in [0.25, 0.3) is 5.91 Å². The normalized spacial score (nSPS) is 10.4. The lowest BCUT2D eigenvalue weighted by Crippen LogP contribution is -2.13. The first-order chi connectivity index (χ1) is 13.0. The monoisotopic (exact) mass is 361 g/mol. The van der Waals surface area contributed by atoms with Crippen LogP contribution in [0.5, 0.6) is 5.75 Å². The molecular formula is C22H23N3O2. The van der Waals surface area contributed by atoms with Crippen LogP contribution in [-0.2, 0) is 0 Å². The van der Waals surface area contributed by atoms with Crippen LogP contribution in [0.1, 0.15) is 27.0 Å². The summed E-state index contributed by atoms with van der Waals surface area (Å²) in [4.78, 5) is 16.7. The Morgan fingerprint density at radius 2 is 1.74 bits per heavy atom. The molecule has 0 spiro atoms. The highest BCUT2D eigenvalue weighted by molar-refractivity contribution is 6.04. The summed E-state index contributed by atoms with van der Waals surface area (Å²) in [5, 5.41) is 6.20. The molecule has 2 aromatic carbocycles. The Bertz CT molecular complexity index is 943. The molecule has 0 aliphatic carbocycles. The number of hydrogen-bond acceptors (Lipinski definition) is 4. The summed E-state index contributed by atoms with van der Waals surface area (Å²) in [5.41, 5.74) is 6.07. The maximum absolute atomic E-state index is 12.4. The number of hydrogen-bond donors (Lipinski definition) is 2. The van der Waals surface area contributed by atoms with Gasteiger partial charge in [-0.15, -0.1) is 0 Å². The van der Waals surface area contributed by atoms with Crippen molar-refractivity contribution in [2.75, 3.05) is 17.7 Å². The highest BCUT2D eigenvalue weighted by Gasteiger charge is 2.09. The predicted octanol–water partition coefficient (Wildman–Crippen LogP) is 5.01. The number of benzene rings is 2. The van der Waals surface area contributed by atoms with Gasteiger partial charge in [-0.3, -0.25) is 4.79 Å². The highest BCUT2D eigenvalue weighted by atomic mass is 16.5. The van der Waals surface area contributed by atoms with E-state index in [2.05, 4.69) is 48.5 Å². The third-order valence-corrected chi connectivity index (χ3v) is 4.28. The minimum Gasteiger partial charge on any atom is -0.497 e. The van der Waals surface area contributed by atoms with Crippen molar-refractivity contribution in [1.29, 1.82) is 0 Å². The maximum Gasteiger partial charge on any atom is 0.256 e. The van der Waals surface area contributed by atoms with E-state index in [0.717, 1.165) is 11.4 Å². The molecule has 0 unspecified atom stereocenters. The fraction of sp³-hybridized carbons (Fsp3) is 0.182. The quantitative estimate of drug-likeness (QED) is 0.670. The van der Waals surface area contributed by atoms with Crippen molar-refractivity contribution in [3.05, 3.63) is 77.0 Å². The Balaban J connectivity index is 1.71. The van der Waals surface area contributed by atoms with Crippen molar-refractivity contribution in [2.24, 2.45) is 0 Å². The zero-order valence-corrected chi connectivity index (χ0v) is 16.0. The molecule has 27 heavy (non-hydrogen) atoms. The molecule has 2 N–H and O–H groups in total. The van der Waals surface area contributed by atoms with E-state index in [9.17, 15) is 4.79 Å². The number of nitrogens with one attached hydrogen (secondary N) is 2. The lowest BCUT2D eigenvalue weighted by Gasteiger charge is -2.14. The lowest BCUT2D eigenvalue weighted by molar-refractivity contribution is 0.102. The molecule has 138 valence electrons. The minimum absolute atomic E-state index is 0.229. The Labute approximate surface area is 159 Å². The average Bonchev–Trinajstić information content (AvgIpc) is 2.66. The number of pyridine rings is 1. The van der Waals surface area contributed by atoms with Crippen LogP contribution < -0.4 is 15.4 Å². The van der Waals surface area contributed by atoms with Crippen molar-refractivity contribution in [2.45, 2.75) is 20.8 Å². The first-order valence-electron chi connectivity index (χ1n) is 8.72. The van der Waals surface area contributed by atoms with Crippen LogP contribution in [-0.4, -0.2) is 18.0 Å². The van der Waals surface area contributed by atoms with Crippen LogP contribution in [0.4, 0.5) is 17.2 Å². The van der Waals surface area contributed by atoms with E-state index in [0.29, 0.717) is 17.1 Å². The Kier molecular flexibility index (Phi) is 5.41. The van der Waals surface area contributed by atoms with E-state index in [1.54, 1.807) is 43.6 Å². The van der Waals surface area contributed by atoms with E-state index in [1.807, 2.05) is 6.07 Å². The third kappa shape index (κ3) is 4.44.